The molecule has 1 aromatic carbocycles. The molecule has 1 aliphatic heterocycles. The van der Waals surface area contributed by atoms with E-state index in [0.717, 1.165) is 21.2 Å². The molecule has 2 amide bonds. The fourth-order valence-corrected chi connectivity index (χ4v) is 3.20. The van der Waals surface area contributed by atoms with Gasteiger partial charge in [0, 0.05) is 31.0 Å². The van der Waals surface area contributed by atoms with Crippen molar-refractivity contribution in [3.8, 4) is 0 Å². The number of amides is 2. The number of hydrogen-bond acceptors (Lipinski definition) is 5. The van der Waals surface area contributed by atoms with Gasteiger partial charge in [0.05, 0.1) is 18.3 Å². The largest absolute Gasteiger partial charge is 0.378 e. The summed E-state index contributed by atoms with van der Waals surface area (Å²) in [5.74, 6) is 0.516. The van der Waals surface area contributed by atoms with Crippen molar-refractivity contribution in [2.24, 2.45) is 0 Å². The van der Waals surface area contributed by atoms with Gasteiger partial charge in [-0.25, -0.2) is 9.78 Å². The van der Waals surface area contributed by atoms with Crippen molar-refractivity contribution in [3.05, 3.63) is 42.6 Å². The standard InChI is InChI=1S/C18H20N4O2S.H2/c1-12(25-13(2)19)14-3-4-15-11-20-17(10-16(15)9-14)21-18(23)22-5-7-24-8-6-22;/h3-4,9-11,19H,1,5-8H2,2H3,(H,20,21,23);1H. The van der Waals surface area contributed by atoms with Crippen molar-refractivity contribution in [1.29, 1.82) is 5.41 Å². The molecule has 1 aromatic heterocycles. The first kappa shape index (κ1) is 17.4. The Balaban J connectivity index is 0.00000243. The predicted molar refractivity (Wildman–Crippen MR) is 105 cm³/mol. The van der Waals surface area contributed by atoms with Crippen LogP contribution in [0, 0.1) is 5.41 Å². The number of carbonyl (C=O) groups excluding carboxylic acids is 1. The van der Waals surface area contributed by atoms with Crippen LogP contribution < -0.4 is 5.32 Å². The molecular weight excluding hydrogens is 336 g/mol. The van der Waals surface area contributed by atoms with Gasteiger partial charge in [0.1, 0.15) is 5.82 Å². The van der Waals surface area contributed by atoms with E-state index in [0.29, 0.717) is 37.2 Å². The van der Waals surface area contributed by atoms with E-state index in [1.165, 1.54) is 11.8 Å². The van der Waals surface area contributed by atoms with Crippen molar-refractivity contribution >= 4 is 44.3 Å². The number of carbonyl (C=O) groups is 1. The smallest absolute Gasteiger partial charge is 0.323 e. The molecule has 0 atom stereocenters. The number of rotatable bonds is 3. The number of anilines is 1. The molecule has 0 radical (unpaired) electrons. The number of nitrogens with zero attached hydrogens (tertiary/aromatic N) is 2. The number of morpholine rings is 1. The number of fused-ring (bicyclic) bond motifs is 1. The lowest BCUT2D eigenvalue weighted by molar-refractivity contribution is 0.0564. The van der Waals surface area contributed by atoms with Crippen molar-refractivity contribution in [2.45, 2.75) is 6.92 Å². The maximum Gasteiger partial charge on any atom is 0.323 e. The molecule has 3 rings (SSSR count). The minimum Gasteiger partial charge on any atom is -0.378 e. The van der Waals surface area contributed by atoms with Crippen molar-refractivity contribution in [3.63, 3.8) is 0 Å². The minimum absolute atomic E-state index is 0. The van der Waals surface area contributed by atoms with Crippen LogP contribution in [0.4, 0.5) is 10.6 Å². The summed E-state index contributed by atoms with van der Waals surface area (Å²) in [6, 6.07) is 7.63. The number of aromatic nitrogens is 1. The summed E-state index contributed by atoms with van der Waals surface area (Å²) in [4.78, 5) is 19.1. The third kappa shape index (κ3) is 4.37. The average molecular weight is 358 g/mol. The summed E-state index contributed by atoms with van der Waals surface area (Å²) in [6.45, 7) is 8.06. The van der Waals surface area contributed by atoms with E-state index >= 15 is 0 Å². The van der Waals surface area contributed by atoms with Gasteiger partial charge in [-0.05, 0) is 30.0 Å². The maximum atomic E-state index is 12.3. The Morgan fingerprint density at radius 2 is 2.12 bits per heavy atom. The van der Waals surface area contributed by atoms with E-state index in [4.69, 9.17) is 10.1 Å². The van der Waals surface area contributed by atoms with E-state index < -0.39 is 0 Å². The minimum atomic E-state index is -0.161. The Morgan fingerprint density at radius 3 is 2.84 bits per heavy atom. The molecule has 2 N–H and O–H groups in total. The highest BCUT2D eigenvalue weighted by molar-refractivity contribution is 8.21. The van der Waals surface area contributed by atoms with Crippen LogP contribution >= 0.6 is 11.8 Å². The molecule has 6 nitrogen and oxygen atoms in total. The number of pyridine rings is 1. The summed E-state index contributed by atoms with van der Waals surface area (Å²) in [7, 11) is 0. The Labute approximate surface area is 152 Å². The molecule has 132 valence electrons. The van der Waals surface area contributed by atoms with Gasteiger partial charge in [-0.3, -0.25) is 10.7 Å². The average Bonchev–Trinajstić information content (AvgIpc) is 2.61. The Bertz CT molecular complexity index is 837. The van der Waals surface area contributed by atoms with E-state index in [-0.39, 0.29) is 7.46 Å². The number of thioether (sulfide) groups is 1. The topological polar surface area (TPSA) is 78.3 Å². The van der Waals surface area contributed by atoms with E-state index in [2.05, 4.69) is 16.9 Å². The van der Waals surface area contributed by atoms with Gasteiger partial charge in [0.2, 0.25) is 0 Å². The Hall–Kier alpha value is -2.38. The van der Waals surface area contributed by atoms with Gasteiger partial charge in [-0.15, -0.1) is 0 Å². The highest BCUT2D eigenvalue weighted by atomic mass is 32.2. The lowest BCUT2D eigenvalue weighted by atomic mass is 10.1. The SMILES string of the molecule is C=C(SC(C)=N)c1ccc2cnc(NC(=O)N3CCOCC3)cc2c1.[HH]. The van der Waals surface area contributed by atoms with Crippen LogP contribution in [0.5, 0.6) is 0 Å². The van der Waals surface area contributed by atoms with Crippen LogP contribution in [0.3, 0.4) is 0 Å². The first-order valence-electron chi connectivity index (χ1n) is 7.99. The molecule has 2 aromatic rings. The monoisotopic (exact) mass is 358 g/mol. The fraction of sp³-hybridized carbons (Fsp3) is 0.278. The Morgan fingerprint density at radius 1 is 1.36 bits per heavy atom. The van der Waals surface area contributed by atoms with Crippen molar-refractivity contribution < 1.29 is 11.0 Å². The molecule has 0 aliphatic carbocycles. The van der Waals surface area contributed by atoms with Crippen LogP contribution in [0.1, 0.15) is 13.9 Å². The predicted octanol–water partition coefficient (Wildman–Crippen LogP) is 4.05. The highest BCUT2D eigenvalue weighted by Gasteiger charge is 2.17. The Kier molecular flexibility index (Phi) is 5.35. The second-order valence-electron chi connectivity index (χ2n) is 5.74. The van der Waals surface area contributed by atoms with Gasteiger partial charge in [-0.1, -0.05) is 30.5 Å². The van der Waals surface area contributed by atoms with Gasteiger partial charge in [0.15, 0.2) is 0 Å². The number of urea groups is 1. The number of nitrogens with one attached hydrogen (secondary N) is 2. The lowest BCUT2D eigenvalue weighted by Crippen LogP contribution is -2.43. The maximum absolute atomic E-state index is 12.3. The van der Waals surface area contributed by atoms with Crippen molar-refractivity contribution in [1.82, 2.24) is 9.88 Å². The molecule has 1 saturated heterocycles. The zero-order valence-electron chi connectivity index (χ0n) is 14.0. The molecule has 0 bridgehead atoms. The van der Waals surface area contributed by atoms with Gasteiger partial charge < -0.3 is 9.64 Å². The van der Waals surface area contributed by atoms with Crippen LogP contribution in [-0.2, 0) is 4.74 Å². The number of benzene rings is 1. The summed E-state index contributed by atoms with van der Waals surface area (Å²) >= 11 is 1.33. The molecular formula is C18H22N4O2S. The van der Waals surface area contributed by atoms with E-state index in [1.54, 1.807) is 18.0 Å². The summed E-state index contributed by atoms with van der Waals surface area (Å²) in [6.07, 6.45) is 1.74. The summed E-state index contributed by atoms with van der Waals surface area (Å²) in [5.41, 5.74) is 0.959. The molecule has 0 spiro atoms. The second kappa shape index (κ2) is 7.67. The third-order valence-corrected chi connectivity index (χ3v) is 4.64. The van der Waals surface area contributed by atoms with Crippen LogP contribution in [0.25, 0.3) is 15.7 Å². The van der Waals surface area contributed by atoms with Gasteiger partial charge in [0.25, 0.3) is 0 Å². The normalized spacial score (nSPS) is 14.4. The zero-order chi connectivity index (χ0) is 17.8. The molecule has 1 aliphatic rings. The van der Waals surface area contributed by atoms with Gasteiger partial charge in [-0.2, -0.15) is 0 Å². The fourth-order valence-electron chi connectivity index (χ4n) is 2.58. The first-order valence-corrected chi connectivity index (χ1v) is 8.80. The molecule has 2 heterocycles. The van der Waals surface area contributed by atoms with Gasteiger partial charge >= 0.3 is 6.03 Å². The van der Waals surface area contributed by atoms with Crippen LogP contribution in [0.15, 0.2) is 37.0 Å². The molecule has 1 fully saturated rings. The number of hydrogen-bond donors (Lipinski definition) is 2. The summed E-state index contributed by atoms with van der Waals surface area (Å²) in [5, 5.41) is 12.9. The zero-order valence-corrected chi connectivity index (χ0v) is 14.9. The molecule has 7 heteroatoms. The van der Waals surface area contributed by atoms with Crippen molar-refractivity contribution in [2.75, 3.05) is 31.6 Å². The lowest BCUT2D eigenvalue weighted by Gasteiger charge is -2.26. The third-order valence-electron chi connectivity index (χ3n) is 3.85. The quantitative estimate of drug-likeness (QED) is 0.641. The molecule has 0 saturated carbocycles. The molecule has 25 heavy (non-hydrogen) atoms. The summed E-state index contributed by atoms with van der Waals surface area (Å²) < 4.78 is 5.26. The number of ether oxygens (including phenoxy) is 1. The molecule has 0 unspecified atom stereocenters. The second-order valence-corrected chi connectivity index (χ2v) is 7.05. The van der Waals surface area contributed by atoms with E-state index in [9.17, 15) is 4.79 Å². The first-order chi connectivity index (χ1) is 12.0. The van der Waals surface area contributed by atoms with Crippen LogP contribution in [0.2, 0.25) is 0 Å². The van der Waals surface area contributed by atoms with Crippen LogP contribution in [-0.4, -0.2) is 47.3 Å². The van der Waals surface area contributed by atoms with E-state index in [1.807, 2.05) is 24.3 Å². The highest BCUT2D eigenvalue weighted by Crippen LogP contribution is 2.29.